The van der Waals surface area contributed by atoms with Crippen LogP contribution in [0.25, 0.3) is 0 Å². The molecular weight excluding hydrogens is 240 g/mol. The zero-order chi connectivity index (χ0) is 12.3. The first-order valence-corrected chi connectivity index (χ1v) is 5.78. The number of primary amides is 1. The van der Waals surface area contributed by atoms with E-state index in [0.29, 0.717) is 11.4 Å². The number of benzene rings is 1. The fraction of sp³-hybridized carbons (Fsp3) is 0.273. The highest BCUT2D eigenvalue weighted by Gasteiger charge is 2.10. The Morgan fingerprint density at radius 3 is 3.00 bits per heavy atom. The molecule has 5 nitrogen and oxygen atoms in total. The number of aliphatic imine (C=N–C) groups is 1. The molecule has 1 aromatic carbocycles. The topological polar surface area (TPSA) is 79.5 Å². The molecule has 0 spiro atoms. The molecule has 0 radical (unpaired) electrons. The van der Waals surface area contributed by atoms with E-state index in [4.69, 9.17) is 17.3 Å². The zero-order valence-corrected chi connectivity index (χ0v) is 9.92. The molecule has 1 aliphatic rings. The quantitative estimate of drug-likeness (QED) is 0.699. The van der Waals surface area contributed by atoms with Crippen LogP contribution in [0.3, 0.4) is 0 Å². The number of nitrogens with one attached hydrogen (secondary N) is 2. The van der Waals surface area contributed by atoms with Gasteiger partial charge in [0.1, 0.15) is 0 Å². The third kappa shape index (κ3) is 2.68. The van der Waals surface area contributed by atoms with Gasteiger partial charge in [-0.05, 0) is 23.8 Å². The second kappa shape index (κ2) is 5.05. The number of guanidine groups is 1. The Bertz CT molecular complexity index is 473. The number of nitrogens with zero attached hydrogens (tertiary/aromatic N) is 1. The Kier molecular flexibility index (Phi) is 3.49. The molecule has 0 aliphatic carbocycles. The van der Waals surface area contributed by atoms with Crippen LogP contribution in [0.15, 0.2) is 23.2 Å². The Morgan fingerprint density at radius 2 is 2.41 bits per heavy atom. The normalized spacial score (nSPS) is 14.1. The number of rotatable bonds is 3. The maximum absolute atomic E-state index is 11.0. The summed E-state index contributed by atoms with van der Waals surface area (Å²) in [5.41, 5.74) is 7.31. The van der Waals surface area contributed by atoms with Gasteiger partial charge in [-0.3, -0.25) is 9.79 Å². The van der Waals surface area contributed by atoms with Crippen molar-refractivity contribution in [3.05, 3.63) is 29.3 Å². The average Bonchev–Trinajstić information content (AvgIpc) is 2.82. The van der Waals surface area contributed by atoms with Crippen LogP contribution in [-0.4, -0.2) is 25.0 Å². The first kappa shape index (κ1) is 11.7. The second-order valence-corrected chi connectivity index (χ2v) is 3.92. The molecule has 1 aromatic rings. The average molecular weight is 253 g/mol. The number of hydrogen-bond donors (Lipinski definition) is 3. The van der Waals surface area contributed by atoms with Crippen molar-refractivity contribution < 1.29 is 4.79 Å². The lowest BCUT2D eigenvalue weighted by Crippen LogP contribution is -2.26. The third-order valence-electron chi connectivity index (χ3n) is 2.46. The lowest BCUT2D eigenvalue weighted by atomic mass is 10.1. The van der Waals surface area contributed by atoms with E-state index >= 15 is 0 Å². The molecule has 0 fully saturated rings. The molecule has 17 heavy (non-hydrogen) atoms. The van der Waals surface area contributed by atoms with Crippen LogP contribution in [0, 0.1) is 0 Å². The Balaban J connectivity index is 2.24. The zero-order valence-electron chi connectivity index (χ0n) is 9.16. The molecule has 1 amide bonds. The fourth-order valence-electron chi connectivity index (χ4n) is 1.59. The summed E-state index contributed by atoms with van der Waals surface area (Å²) in [6, 6.07) is 5.13. The lowest BCUT2D eigenvalue weighted by Gasteiger charge is -2.11. The molecule has 0 saturated carbocycles. The lowest BCUT2D eigenvalue weighted by molar-refractivity contribution is 0.100. The molecule has 1 aliphatic heterocycles. The predicted octanol–water partition coefficient (Wildman–Crippen LogP) is 0.895. The summed E-state index contributed by atoms with van der Waals surface area (Å²) in [7, 11) is 0. The molecule has 4 N–H and O–H groups in total. The number of amides is 1. The summed E-state index contributed by atoms with van der Waals surface area (Å²) in [6.07, 6.45) is 0. The van der Waals surface area contributed by atoms with Gasteiger partial charge in [-0.15, -0.1) is 11.6 Å². The fourth-order valence-corrected chi connectivity index (χ4v) is 1.81. The van der Waals surface area contributed by atoms with Gasteiger partial charge >= 0.3 is 0 Å². The molecular formula is C11H13ClN4O. The maximum Gasteiger partial charge on any atom is 0.248 e. The standard InChI is InChI=1S/C11H13ClN4O/c12-6-8-5-7(10(13)17)1-2-9(8)16-11-14-3-4-15-11/h1-2,5H,3-4,6H2,(H2,13,17)(H2,14,15,16). The van der Waals surface area contributed by atoms with Gasteiger partial charge in [-0.25, -0.2) is 0 Å². The van der Waals surface area contributed by atoms with Crippen LogP contribution in [-0.2, 0) is 5.88 Å². The van der Waals surface area contributed by atoms with Crippen molar-refractivity contribution in [2.45, 2.75) is 5.88 Å². The summed E-state index contributed by atoms with van der Waals surface area (Å²) in [5, 5.41) is 6.23. The Labute approximate surface area is 104 Å². The molecule has 6 heteroatoms. The van der Waals surface area contributed by atoms with Crippen LogP contribution in [0.4, 0.5) is 5.69 Å². The van der Waals surface area contributed by atoms with Crippen molar-refractivity contribution in [2.24, 2.45) is 10.7 Å². The van der Waals surface area contributed by atoms with Gasteiger partial charge in [0.2, 0.25) is 5.91 Å². The number of carbonyl (C=O) groups excluding carboxylic acids is 1. The highest BCUT2D eigenvalue weighted by molar-refractivity contribution is 6.17. The number of carbonyl (C=O) groups is 1. The minimum absolute atomic E-state index is 0.302. The monoisotopic (exact) mass is 252 g/mol. The SMILES string of the molecule is NC(=O)c1ccc(NC2=NCCN2)c(CCl)c1. The van der Waals surface area contributed by atoms with E-state index in [1.54, 1.807) is 18.2 Å². The van der Waals surface area contributed by atoms with E-state index in [2.05, 4.69) is 15.6 Å². The van der Waals surface area contributed by atoms with E-state index in [0.717, 1.165) is 30.3 Å². The first-order valence-electron chi connectivity index (χ1n) is 5.25. The maximum atomic E-state index is 11.0. The minimum Gasteiger partial charge on any atom is -0.366 e. The molecule has 0 bridgehead atoms. The van der Waals surface area contributed by atoms with Gasteiger partial charge in [0.15, 0.2) is 5.96 Å². The summed E-state index contributed by atoms with van der Waals surface area (Å²) < 4.78 is 0. The van der Waals surface area contributed by atoms with Crippen LogP contribution in [0.1, 0.15) is 15.9 Å². The van der Waals surface area contributed by atoms with Crippen LogP contribution in [0.5, 0.6) is 0 Å². The largest absolute Gasteiger partial charge is 0.366 e. The van der Waals surface area contributed by atoms with Gasteiger partial charge in [0.05, 0.1) is 6.54 Å². The molecule has 2 rings (SSSR count). The Morgan fingerprint density at radius 1 is 1.59 bits per heavy atom. The highest BCUT2D eigenvalue weighted by atomic mass is 35.5. The highest BCUT2D eigenvalue weighted by Crippen LogP contribution is 2.19. The number of anilines is 1. The molecule has 0 saturated heterocycles. The van der Waals surface area contributed by atoms with Crippen LogP contribution < -0.4 is 16.4 Å². The smallest absolute Gasteiger partial charge is 0.248 e. The van der Waals surface area contributed by atoms with Crippen LogP contribution >= 0.6 is 11.6 Å². The van der Waals surface area contributed by atoms with Crippen molar-refractivity contribution in [2.75, 3.05) is 18.4 Å². The minimum atomic E-state index is -0.459. The van der Waals surface area contributed by atoms with E-state index in [9.17, 15) is 4.79 Å². The van der Waals surface area contributed by atoms with E-state index in [1.807, 2.05) is 0 Å². The van der Waals surface area contributed by atoms with E-state index in [-0.39, 0.29) is 0 Å². The summed E-state index contributed by atoms with van der Waals surface area (Å²) >= 11 is 5.84. The molecule has 0 aromatic heterocycles. The van der Waals surface area contributed by atoms with Gasteiger partial charge in [0.25, 0.3) is 0 Å². The number of nitrogens with two attached hydrogens (primary N) is 1. The number of halogens is 1. The van der Waals surface area contributed by atoms with Crippen molar-refractivity contribution in [1.82, 2.24) is 5.32 Å². The van der Waals surface area contributed by atoms with Gasteiger partial charge in [0, 0.05) is 23.7 Å². The molecule has 90 valence electrons. The summed E-state index contributed by atoms with van der Waals surface area (Å²) in [4.78, 5) is 15.3. The summed E-state index contributed by atoms with van der Waals surface area (Å²) in [5.74, 6) is 0.568. The second-order valence-electron chi connectivity index (χ2n) is 3.65. The van der Waals surface area contributed by atoms with Crippen molar-refractivity contribution >= 4 is 29.2 Å². The third-order valence-corrected chi connectivity index (χ3v) is 2.75. The molecule has 1 heterocycles. The number of hydrogen-bond acceptors (Lipinski definition) is 4. The van der Waals surface area contributed by atoms with Gasteiger partial charge in [-0.2, -0.15) is 0 Å². The van der Waals surface area contributed by atoms with E-state index in [1.165, 1.54) is 0 Å². The molecule has 0 unspecified atom stereocenters. The van der Waals surface area contributed by atoms with Crippen molar-refractivity contribution in [3.8, 4) is 0 Å². The van der Waals surface area contributed by atoms with E-state index < -0.39 is 5.91 Å². The predicted molar refractivity (Wildman–Crippen MR) is 68.4 cm³/mol. The Hall–Kier alpha value is -1.75. The van der Waals surface area contributed by atoms with Gasteiger partial charge < -0.3 is 16.4 Å². The van der Waals surface area contributed by atoms with Gasteiger partial charge in [-0.1, -0.05) is 0 Å². The number of alkyl halides is 1. The van der Waals surface area contributed by atoms with Crippen molar-refractivity contribution in [1.29, 1.82) is 0 Å². The summed E-state index contributed by atoms with van der Waals surface area (Å²) in [6.45, 7) is 1.59. The molecule has 0 atom stereocenters. The first-order chi connectivity index (χ1) is 8.20. The van der Waals surface area contributed by atoms with Crippen LogP contribution in [0.2, 0.25) is 0 Å². The van der Waals surface area contributed by atoms with Crippen molar-refractivity contribution in [3.63, 3.8) is 0 Å².